The minimum atomic E-state index is 0.0509. The van der Waals surface area contributed by atoms with Gasteiger partial charge in [0.05, 0.1) is 6.54 Å². The van der Waals surface area contributed by atoms with Crippen molar-refractivity contribution < 1.29 is 0 Å². The number of aryl methyl sites for hydroxylation is 2. The van der Waals surface area contributed by atoms with Crippen LogP contribution in [0.25, 0.3) is 0 Å². The van der Waals surface area contributed by atoms with Crippen LogP contribution in [0.5, 0.6) is 0 Å². The Morgan fingerprint density at radius 3 is 2.82 bits per heavy atom. The van der Waals surface area contributed by atoms with E-state index < -0.39 is 0 Å². The molecule has 3 nitrogen and oxygen atoms in total. The zero-order valence-corrected chi connectivity index (χ0v) is 10.4. The van der Waals surface area contributed by atoms with Gasteiger partial charge < -0.3 is 0 Å². The van der Waals surface area contributed by atoms with Crippen LogP contribution < -0.4 is 5.56 Å². The van der Waals surface area contributed by atoms with Crippen molar-refractivity contribution >= 4 is 0 Å². The molecule has 0 unspecified atom stereocenters. The number of aromatic amines is 1. The van der Waals surface area contributed by atoms with Gasteiger partial charge in [0.1, 0.15) is 0 Å². The van der Waals surface area contributed by atoms with Crippen LogP contribution in [-0.4, -0.2) is 9.78 Å². The molecule has 0 aliphatic heterocycles. The van der Waals surface area contributed by atoms with Crippen LogP contribution in [0.1, 0.15) is 30.2 Å². The summed E-state index contributed by atoms with van der Waals surface area (Å²) in [7, 11) is 0. The number of hydrogen-bond acceptors (Lipinski definition) is 1. The first kappa shape index (κ1) is 11.7. The highest BCUT2D eigenvalue weighted by Crippen LogP contribution is 2.05. The molecule has 2 aromatic rings. The highest BCUT2D eigenvalue weighted by molar-refractivity contribution is 5.22. The second-order valence-corrected chi connectivity index (χ2v) is 4.44. The predicted molar refractivity (Wildman–Crippen MR) is 69.3 cm³/mol. The molecule has 0 saturated heterocycles. The Balaban J connectivity index is 2.21. The number of aromatic nitrogens is 2. The van der Waals surface area contributed by atoms with Gasteiger partial charge in [-0.1, -0.05) is 43.2 Å². The van der Waals surface area contributed by atoms with E-state index in [-0.39, 0.29) is 5.56 Å². The van der Waals surface area contributed by atoms with Gasteiger partial charge in [0.2, 0.25) is 0 Å². The third-order valence-electron chi connectivity index (χ3n) is 2.78. The maximum atomic E-state index is 11.7. The van der Waals surface area contributed by atoms with Crippen LogP contribution in [0.3, 0.4) is 0 Å². The van der Waals surface area contributed by atoms with Crippen LogP contribution in [0.15, 0.2) is 35.1 Å². The summed E-state index contributed by atoms with van der Waals surface area (Å²) in [6.07, 6.45) is 1.97. The fraction of sp³-hybridized carbons (Fsp3) is 0.357. The second-order valence-electron chi connectivity index (χ2n) is 4.44. The molecule has 0 aliphatic rings. The first-order valence-corrected chi connectivity index (χ1v) is 6.03. The van der Waals surface area contributed by atoms with Gasteiger partial charge >= 0.3 is 0 Å². The lowest BCUT2D eigenvalue weighted by Crippen LogP contribution is -2.16. The molecule has 17 heavy (non-hydrogen) atoms. The van der Waals surface area contributed by atoms with E-state index >= 15 is 0 Å². The van der Waals surface area contributed by atoms with Gasteiger partial charge in [-0.2, -0.15) is 0 Å². The molecule has 0 bridgehead atoms. The third kappa shape index (κ3) is 2.87. The van der Waals surface area contributed by atoms with Crippen LogP contribution in [0.2, 0.25) is 0 Å². The van der Waals surface area contributed by atoms with Crippen molar-refractivity contribution in [2.75, 3.05) is 0 Å². The average molecular weight is 230 g/mol. The zero-order chi connectivity index (χ0) is 12.3. The molecule has 2 rings (SSSR count). The van der Waals surface area contributed by atoms with Crippen molar-refractivity contribution in [2.45, 2.75) is 33.2 Å². The predicted octanol–water partition coefficient (Wildman–Crippen LogP) is 2.49. The SMILES string of the molecule is CCCc1cc(=O)n(Cc2cccc(C)c2)[nH]1. The Morgan fingerprint density at radius 1 is 1.29 bits per heavy atom. The van der Waals surface area contributed by atoms with Gasteiger partial charge in [0.15, 0.2) is 0 Å². The molecule has 0 spiro atoms. The summed E-state index contributed by atoms with van der Waals surface area (Å²) < 4.78 is 1.67. The summed E-state index contributed by atoms with van der Waals surface area (Å²) >= 11 is 0. The number of rotatable bonds is 4. The molecule has 1 heterocycles. The van der Waals surface area contributed by atoms with Crippen LogP contribution in [-0.2, 0) is 13.0 Å². The standard InChI is InChI=1S/C14H18N2O/c1-3-5-13-9-14(17)16(15-13)10-12-7-4-6-11(2)8-12/h4,6-9,15H,3,5,10H2,1-2H3. The summed E-state index contributed by atoms with van der Waals surface area (Å²) in [5, 5.41) is 3.15. The fourth-order valence-corrected chi connectivity index (χ4v) is 2.00. The van der Waals surface area contributed by atoms with E-state index in [0.29, 0.717) is 6.54 Å². The molecular weight excluding hydrogens is 212 g/mol. The molecule has 0 saturated carbocycles. The van der Waals surface area contributed by atoms with Gasteiger partial charge in [-0.3, -0.25) is 9.89 Å². The van der Waals surface area contributed by atoms with Crippen molar-refractivity contribution in [3.05, 3.63) is 57.5 Å². The maximum Gasteiger partial charge on any atom is 0.267 e. The molecule has 3 heteroatoms. The molecule has 90 valence electrons. The maximum absolute atomic E-state index is 11.7. The van der Waals surface area contributed by atoms with E-state index in [0.717, 1.165) is 24.1 Å². The van der Waals surface area contributed by atoms with Crippen LogP contribution >= 0.6 is 0 Å². The van der Waals surface area contributed by atoms with Gasteiger partial charge in [-0.15, -0.1) is 0 Å². The van der Waals surface area contributed by atoms with Gasteiger partial charge in [0.25, 0.3) is 5.56 Å². The molecule has 0 radical (unpaired) electrons. The summed E-state index contributed by atoms with van der Waals surface area (Å²) in [6.45, 7) is 4.78. The lowest BCUT2D eigenvalue weighted by atomic mass is 10.1. The molecule has 0 atom stereocenters. The van der Waals surface area contributed by atoms with E-state index in [1.54, 1.807) is 10.7 Å². The van der Waals surface area contributed by atoms with E-state index in [9.17, 15) is 4.79 Å². The second kappa shape index (κ2) is 5.04. The number of nitrogens with zero attached hydrogens (tertiary/aromatic N) is 1. The third-order valence-corrected chi connectivity index (χ3v) is 2.78. The fourth-order valence-electron chi connectivity index (χ4n) is 2.00. The monoisotopic (exact) mass is 230 g/mol. The Morgan fingerprint density at radius 2 is 2.12 bits per heavy atom. The summed E-state index contributed by atoms with van der Waals surface area (Å²) in [4.78, 5) is 11.7. The molecule has 1 N–H and O–H groups in total. The first-order valence-electron chi connectivity index (χ1n) is 6.03. The van der Waals surface area contributed by atoms with E-state index in [1.165, 1.54) is 5.56 Å². The molecule has 0 fully saturated rings. The van der Waals surface area contributed by atoms with Gasteiger partial charge in [-0.25, -0.2) is 4.68 Å². The normalized spacial score (nSPS) is 10.7. The van der Waals surface area contributed by atoms with Crippen LogP contribution in [0.4, 0.5) is 0 Å². The lowest BCUT2D eigenvalue weighted by molar-refractivity contribution is 0.648. The van der Waals surface area contributed by atoms with Gasteiger partial charge in [-0.05, 0) is 18.9 Å². The molecular formula is C14H18N2O. The van der Waals surface area contributed by atoms with E-state index in [4.69, 9.17) is 0 Å². The Kier molecular flexibility index (Phi) is 3.47. The van der Waals surface area contributed by atoms with Crippen molar-refractivity contribution in [3.8, 4) is 0 Å². The summed E-state index contributed by atoms with van der Waals surface area (Å²) in [5.74, 6) is 0. The first-order chi connectivity index (χ1) is 8.19. The van der Waals surface area contributed by atoms with Crippen molar-refractivity contribution in [3.63, 3.8) is 0 Å². The molecule has 1 aromatic carbocycles. The topological polar surface area (TPSA) is 37.8 Å². The molecule has 1 aromatic heterocycles. The number of nitrogens with one attached hydrogen (secondary N) is 1. The summed E-state index contributed by atoms with van der Waals surface area (Å²) in [6, 6.07) is 9.92. The quantitative estimate of drug-likeness (QED) is 0.861. The van der Waals surface area contributed by atoms with Crippen LogP contribution in [0, 0.1) is 6.92 Å². The van der Waals surface area contributed by atoms with Crippen molar-refractivity contribution in [1.82, 2.24) is 9.78 Å². The minimum Gasteiger partial charge on any atom is -0.299 e. The number of H-pyrrole nitrogens is 1. The zero-order valence-electron chi connectivity index (χ0n) is 10.4. The Labute approximate surface area is 101 Å². The smallest absolute Gasteiger partial charge is 0.267 e. The van der Waals surface area contributed by atoms with Crippen molar-refractivity contribution in [2.24, 2.45) is 0 Å². The number of benzene rings is 1. The minimum absolute atomic E-state index is 0.0509. The van der Waals surface area contributed by atoms with Crippen molar-refractivity contribution in [1.29, 1.82) is 0 Å². The van der Waals surface area contributed by atoms with E-state index in [1.807, 2.05) is 12.1 Å². The summed E-state index contributed by atoms with van der Waals surface area (Å²) in [5.41, 5.74) is 3.44. The lowest BCUT2D eigenvalue weighted by Gasteiger charge is -2.03. The average Bonchev–Trinajstić information content (AvgIpc) is 2.60. The Hall–Kier alpha value is -1.77. The highest BCUT2D eigenvalue weighted by Gasteiger charge is 2.03. The molecule has 0 amide bonds. The highest BCUT2D eigenvalue weighted by atomic mass is 16.1. The molecule has 0 aliphatic carbocycles. The number of hydrogen-bond donors (Lipinski definition) is 1. The largest absolute Gasteiger partial charge is 0.299 e. The van der Waals surface area contributed by atoms with Gasteiger partial charge in [0, 0.05) is 11.8 Å². The van der Waals surface area contributed by atoms with E-state index in [2.05, 4.69) is 31.1 Å². The Bertz CT molecular complexity index is 551.